The normalized spacial score (nSPS) is 28.5. The maximum absolute atomic E-state index is 6.17. The first-order valence-corrected chi connectivity index (χ1v) is 11.7. The van der Waals surface area contributed by atoms with Gasteiger partial charge in [-0.1, -0.05) is 26.0 Å². The molecule has 0 unspecified atom stereocenters. The van der Waals surface area contributed by atoms with Crippen molar-refractivity contribution in [2.75, 3.05) is 13.2 Å². The fourth-order valence-electron chi connectivity index (χ4n) is 6.62. The Bertz CT molecular complexity index is 1150. The standard InChI is InChI=1S/C26H30N4O2/c1-17-22-7-8-23-24(25(22,3)9-10-26(17)31-11-12-32-26)29-18(2)30(23)21-6-4-5-19(13-21)20-14-27-16-28-15-20/h4-6,13-17,22H,7-12H2,1-3H3/t17-,22-,25-/m0/s1. The Hall–Kier alpha value is -2.57. The van der Waals surface area contributed by atoms with E-state index in [2.05, 4.69) is 59.6 Å². The molecule has 0 N–H and O–H groups in total. The van der Waals surface area contributed by atoms with Gasteiger partial charge < -0.3 is 14.0 Å². The number of aryl methyl sites for hydroxylation is 1. The molecule has 0 radical (unpaired) electrons. The van der Waals surface area contributed by atoms with Crippen molar-refractivity contribution in [1.82, 2.24) is 19.5 Å². The number of hydrogen-bond acceptors (Lipinski definition) is 5. The molecule has 6 heteroatoms. The number of imidazole rings is 1. The van der Waals surface area contributed by atoms with Crippen LogP contribution in [-0.2, 0) is 21.3 Å². The lowest BCUT2D eigenvalue weighted by atomic mass is 9.55. The van der Waals surface area contributed by atoms with E-state index in [1.807, 2.05) is 12.4 Å². The quantitative estimate of drug-likeness (QED) is 0.593. The highest BCUT2D eigenvalue weighted by Crippen LogP contribution is 2.57. The number of aromatic nitrogens is 4. The summed E-state index contributed by atoms with van der Waals surface area (Å²) in [5.41, 5.74) is 5.99. The monoisotopic (exact) mass is 430 g/mol. The van der Waals surface area contributed by atoms with Gasteiger partial charge in [-0.25, -0.2) is 15.0 Å². The zero-order valence-corrected chi connectivity index (χ0v) is 19.0. The van der Waals surface area contributed by atoms with Crippen LogP contribution in [0.1, 0.15) is 50.3 Å². The molecule has 3 heterocycles. The van der Waals surface area contributed by atoms with Crippen LogP contribution < -0.4 is 0 Å². The van der Waals surface area contributed by atoms with Gasteiger partial charge in [0.2, 0.25) is 0 Å². The van der Waals surface area contributed by atoms with Crippen LogP contribution in [0.25, 0.3) is 16.8 Å². The highest BCUT2D eigenvalue weighted by Gasteiger charge is 2.58. The van der Waals surface area contributed by atoms with E-state index in [0.29, 0.717) is 11.8 Å². The van der Waals surface area contributed by atoms with Crippen LogP contribution >= 0.6 is 0 Å². The van der Waals surface area contributed by atoms with E-state index in [-0.39, 0.29) is 11.2 Å². The van der Waals surface area contributed by atoms with E-state index in [0.717, 1.165) is 61.5 Å². The van der Waals surface area contributed by atoms with E-state index < -0.39 is 0 Å². The van der Waals surface area contributed by atoms with Crippen molar-refractivity contribution in [3.05, 3.63) is 60.2 Å². The second-order valence-electron chi connectivity index (χ2n) is 9.83. The molecule has 1 aliphatic heterocycles. The summed E-state index contributed by atoms with van der Waals surface area (Å²) in [4.78, 5) is 13.6. The smallest absolute Gasteiger partial charge is 0.171 e. The van der Waals surface area contributed by atoms with Gasteiger partial charge in [0, 0.05) is 47.1 Å². The van der Waals surface area contributed by atoms with Crippen LogP contribution in [0.5, 0.6) is 0 Å². The maximum Gasteiger partial charge on any atom is 0.171 e. The van der Waals surface area contributed by atoms with Gasteiger partial charge in [0.05, 0.1) is 18.9 Å². The van der Waals surface area contributed by atoms with E-state index in [9.17, 15) is 0 Å². The number of ether oxygens (including phenoxy) is 2. The summed E-state index contributed by atoms with van der Waals surface area (Å²) in [6.07, 6.45) is 9.44. The van der Waals surface area contributed by atoms with Gasteiger partial charge in [0.25, 0.3) is 0 Å². The number of rotatable bonds is 2. The third kappa shape index (κ3) is 2.82. The zero-order chi connectivity index (χ0) is 21.9. The molecule has 3 aliphatic rings. The summed E-state index contributed by atoms with van der Waals surface area (Å²) >= 11 is 0. The second-order valence-corrected chi connectivity index (χ2v) is 9.83. The first-order valence-electron chi connectivity index (χ1n) is 11.7. The van der Waals surface area contributed by atoms with Crippen molar-refractivity contribution in [3.63, 3.8) is 0 Å². The lowest BCUT2D eigenvalue weighted by molar-refractivity contribution is -0.234. The fourth-order valence-corrected chi connectivity index (χ4v) is 6.62. The third-order valence-corrected chi connectivity index (χ3v) is 8.26. The summed E-state index contributed by atoms with van der Waals surface area (Å²) in [6, 6.07) is 8.62. The van der Waals surface area contributed by atoms with Gasteiger partial charge >= 0.3 is 0 Å². The minimum atomic E-state index is -0.384. The minimum Gasteiger partial charge on any atom is -0.347 e. The number of hydrogen-bond donors (Lipinski definition) is 0. The summed E-state index contributed by atoms with van der Waals surface area (Å²) in [7, 11) is 0. The van der Waals surface area contributed by atoms with Crippen LogP contribution in [-0.4, -0.2) is 38.5 Å². The Morgan fingerprint density at radius 1 is 1.06 bits per heavy atom. The molecule has 0 amide bonds. The number of fused-ring (bicyclic) bond motifs is 3. The molecular formula is C26H30N4O2. The molecular weight excluding hydrogens is 400 g/mol. The van der Waals surface area contributed by atoms with Crippen molar-refractivity contribution < 1.29 is 9.47 Å². The summed E-state index contributed by atoms with van der Waals surface area (Å²) in [6.45, 7) is 8.31. The highest BCUT2D eigenvalue weighted by molar-refractivity contribution is 5.64. The van der Waals surface area contributed by atoms with E-state index in [1.54, 1.807) is 6.33 Å². The summed E-state index contributed by atoms with van der Waals surface area (Å²) in [5.74, 6) is 1.55. The molecule has 6 nitrogen and oxygen atoms in total. The molecule has 0 bridgehead atoms. The minimum absolute atomic E-state index is 0.0500. The number of nitrogens with zero attached hydrogens (tertiary/aromatic N) is 4. The van der Waals surface area contributed by atoms with E-state index in [4.69, 9.17) is 14.5 Å². The molecule has 2 aliphatic carbocycles. The Labute approximate surface area is 189 Å². The first-order chi connectivity index (χ1) is 15.5. The van der Waals surface area contributed by atoms with Crippen LogP contribution in [0.4, 0.5) is 0 Å². The number of benzene rings is 1. The molecule has 3 atom stereocenters. The topological polar surface area (TPSA) is 62.1 Å². The molecule has 3 aromatic rings. The molecule has 32 heavy (non-hydrogen) atoms. The van der Waals surface area contributed by atoms with E-state index >= 15 is 0 Å². The molecule has 1 saturated heterocycles. The lowest BCUT2D eigenvalue weighted by Crippen LogP contribution is -2.55. The molecule has 6 rings (SSSR count). The van der Waals surface area contributed by atoms with Crippen LogP contribution in [0.3, 0.4) is 0 Å². The van der Waals surface area contributed by atoms with Crippen LogP contribution in [0.15, 0.2) is 43.0 Å². The Balaban J connectivity index is 1.41. The largest absolute Gasteiger partial charge is 0.347 e. The van der Waals surface area contributed by atoms with Crippen molar-refractivity contribution in [2.45, 2.75) is 57.7 Å². The summed E-state index contributed by atoms with van der Waals surface area (Å²) < 4.78 is 14.7. The predicted octanol–water partition coefficient (Wildman–Crippen LogP) is 4.63. The molecule has 2 fully saturated rings. The lowest BCUT2D eigenvalue weighted by Gasteiger charge is -2.53. The van der Waals surface area contributed by atoms with Gasteiger partial charge in [-0.3, -0.25) is 0 Å². The predicted molar refractivity (Wildman–Crippen MR) is 122 cm³/mol. The van der Waals surface area contributed by atoms with Crippen molar-refractivity contribution >= 4 is 0 Å². The zero-order valence-electron chi connectivity index (χ0n) is 19.0. The van der Waals surface area contributed by atoms with Crippen LogP contribution in [0.2, 0.25) is 0 Å². The fraction of sp³-hybridized carbons (Fsp3) is 0.500. The Kier molecular flexibility index (Phi) is 4.53. The van der Waals surface area contributed by atoms with Crippen molar-refractivity contribution in [2.24, 2.45) is 11.8 Å². The Morgan fingerprint density at radius 2 is 1.84 bits per heavy atom. The molecule has 1 aromatic carbocycles. The molecule has 1 spiro atoms. The average Bonchev–Trinajstić information content (AvgIpc) is 3.43. The van der Waals surface area contributed by atoms with Gasteiger partial charge in [-0.05, 0) is 49.8 Å². The third-order valence-electron chi connectivity index (χ3n) is 8.26. The van der Waals surface area contributed by atoms with Crippen LogP contribution in [0, 0.1) is 18.8 Å². The Morgan fingerprint density at radius 3 is 2.62 bits per heavy atom. The maximum atomic E-state index is 6.17. The second kappa shape index (κ2) is 7.22. The molecule has 2 aromatic heterocycles. The molecule has 1 saturated carbocycles. The molecule has 166 valence electrons. The highest BCUT2D eigenvalue weighted by atomic mass is 16.7. The average molecular weight is 431 g/mol. The SMILES string of the molecule is Cc1nc2c(n1-c1cccc(-c3cncnc3)c1)CC[C@H]1[C@H](C)C3(CC[C@]21C)OCCO3. The van der Waals surface area contributed by atoms with Gasteiger partial charge in [0.1, 0.15) is 12.2 Å². The van der Waals surface area contributed by atoms with Gasteiger partial charge in [0.15, 0.2) is 5.79 Å². The van der Waals surface area contributed by atoms with E-state index in [1.165, 1.54) is 11.4 Å². The van der Waals surface area contributed by atoms with Gasteiger partial charge in [-0.15, -0.1) is 0 Å². The van der Waals surface area contributed by atoms with Crippen molar-refractivity contribution in [1.29, 1.82) is 0 Å². The summed E-state index contributed by atoms with van der Waals surface area (Å²) in [5, 5.41) is 0. The van der Waals surface area contributed by atoms with Gasteiger partial charge in [-0.2, -0.15) is 0 Å². The van der Waals surface area contributed by atoms with Crippen molar-refractivity contribution in [3.8, 4) is 16.8 Å². The first kappa shape index (κ1) is 20.1.